The lowest BCUT2D eigenvalue weighted by atomic mass is 9.86. The minimum Gasteiger partial charge on any atom is -0.504 e. The van der Waals surface area contributed by atoms with Gasteiger partial charge in [0.1, 0.15) is 0 Å². The molecular formula is C27H41N3O2. The maximum Gasteiger partial charge on any atom is 0.160 e. The maximum atomic E-state index is 10.1. The molecule has 32 heavy (non-hydrogen) atoms. The van der Waals surface area contributed by atoms with Gasteiger partial charge in [0.25, 0.3) is 0 Å². The van der Waals surface area contributed by atoms with E-state index in [9.17, 15) is 10.2 Å². The number of pyridine rings is 1. The highest BCUT2D eigenvalue weighted by molar-refractivity contribution is 5.50. The predicted molar refractivity (Wildman–Crippen MR) is 131 cm³/mol. The van der Waals surface area contributed by atoms with Crippen molar-refractivity contribution in [3.63, 3.8) is 0 Å². The first-order valence-corrected chi connectivity index (χ1v) is 12.6. The molecule has 2 aromatic rings. The van der Waals surface area contributed by atoms with Crippen LogP contribution in [-0.2, 0) is 19.3 Å². The molecule has 3 N–H and O–H groups in total. The van der Waals surface area contributed by atoms with E-state index in [-0.39, 0.29) is 11.5 Å². The van der Waals surface area contributed by atoms with Gasteiger partial charge in [-0.15, -0.1) is 0 Å². The Morgan fingerprint density at radius 3 is 2.69 bits per heavy atom. The zero-order valence-corrected chi connectivity index (χ0v) is 19.7. The first-order valence-electron chi connectivity index (χ1n) is 12.6. The minimum absolute atomic E-state index is 0.00981. The highest BCUT2D eigenvalue weighted by atomic mass is 16.3. The molecule has 0 radical (unpaired) electrons. The molecular weight excluding hydrogens is 398 g/mol. The van der Waals surface area contributed by atoms with Crippen LogP contribution in [0.1, 0.15) is 68.6 Å². The van der Waals surface area contributed by atoms with E-state index in [1.165, 1.54) is 49.7 Å². The van der Waals surface area contributed by atoms with E-state index in [0.29, 0.717) is 6.04 Å². The van der Waals surface area contributed by atoms with Crippen molar-refractivity contribution >= 4 is 0 Å². The summed E-state index contributed by atoms with van der Waals surface area (Å²) in [4.78, 5) is 6.83. The van der Waals surface area contributed by atoms with Crippen molar-refractivity contribution in [3.8, 4) is 11.5 Å². The summed E-state index contributed by atoms with van der Waals surface area (Å²) >= 11 is 0. The molecule has 5 nitrogen and oxygen atoms in total. The molecule has 1 heterocycles. The predicted octanol–water partition coefficient (Wildman–Crippen LogP) is 4.84. The van der Waals surface area contributed by atoms with Gasteiger partial charge >= 0.3 is 0 Å². The normalized spacial score (nSPS) is 15.8. The monoisotopic (exact) mass is 439 g/mol. The van der Waals surface area contributed by atoms with Gasteiger partial charge in [-0.05, 0) is 101 Å². The number of aromatic nitrogens is 1. The second-order valence-corrected chi connectivity index (χ2v) is 9.13. The Morgan fingerprint density at radius 1 is 1.03 bits per heavy atom. The number of benzene rings is 1. The van der Waals surface area contributed by atoms with Crippen molar-refractivity contribution in [2.24, 2.45) is 0 Å². The molecule has 0 bridgehead atoms. The minimum atomic E-state index is 0.00981. The lowest BCUT2D eigenvalue weighted by molar-refractivity contribution is 0.175. The summed E-state index contributed by atoms with van der Waals surface area (Å²) in [7, 11) is 0. The van der Waals surface area contributed by atoms with E-state index in [0.717, 1.165) is 57.4 Å². The quantitative estimate of drug-likeness (QED) is 0.290. The van der Waals surface area contributed by atoms with Gasteiger partial charge in [-0.1, -0.05) is 31.9 Å². The van der Waals surface area contributed by atoms with Crippen LogP contribution in [0.25, 0.3) is 0 Å². The molecule has 1 aliphatic rings. The van der Waals surface area contributed by atoms with Gasteiger partial charge in [0.15, 0.2) is 11.5 Å². The standard InChI is InChI=1S/C27H41N3O2/c1-2-18-30(24-12-13-25-23(20-24)11-14-26(31)27(25)32)19-6-4-3-5-15-28-16-7-9-22-10-8-17-29-21-22/h8,10-11,14,17,21,24,28,31-32H,2-7,9,12-13,15-16,18-20H2,1H3. The molecule has 0 saturated carbocycles. The lowest BCUT2D eigenvalue weighted by Crippen LogP contribution is -2.40. The average Bonchev–Trinajstić information content (AvgIpc) is 2.82. The van der Waals surface area contributed by atoms with E-state index in [2.05, 4.69) is 28.2 Å². The summed E-state index contributed by atoms with van der Waals surface area (Å²) in [5.74, 6) is 0.101. The molecule has 1 aliphatic carbocycles. The molecule has 5 heteroatoms. The largest absolute Gasteiger partial charge is 0.504 e. The first kappa shape index (κ1) is 24.5. The number of hydrogen-bond acceptors (Lipinski definition) is 5. The third-order valence-electron chi connectivity index (χ3n) is 6.66. The number of nitrogens with one attached hydrogen (secondary N) is 1. The molecule has 0 aliphatic heterocycles. The van der Waals surface area contributed by atoms with Crippen molar-refractivity contribution in [2.45, 2.75) is 77.2 Å². The summed E-state index contributed by atoms with van der Waals surface area (Å²) in [6, 6.07) is 8.33. The van der Waals surface area contributed by atoms with E-state index in [4.69, 9.17) is 0 Å². The number of aryl methyl sites for hydroxylation is 1. The van der Waals surface area contributed by atoms with Crippen molar-refractivity contribution in [1.82, 2.24) is 15.2 Å². The summed E-state index contributed by atoms with van der Waals surface area (Å²) in [5.41, 5.74) is 3.47. The molecule has 3 rings (SSSR count). The van der Waals surface area contributed by atoms with Crippen LogP contribution in [-0.4, -0.2) is 52.3 Å². The number of phenolic OH excluding ortho intramolecular Hbond substituents is 2. The van der Waals surface area contributed by atoms with Crippen LogP contribution in [0.4, 0.5) is 0 Å². The Labute approximate surface area is 193 Å². The molecule has 0 spiro atoms. The van der Waals surface area contributed by atoms with E-state index in [1.54, 1.807) is 6.07 Å². The van der Waals surface area contributed by atoms with Gasteiger partial charge in [0, 0.05) is 24.0 Å². The molecule has 1 aromatic carbocycles. The summed E-state index contributed by atoms with van der Waals surface area (Å²) in [6.07, 6.45) is 15.2. The fourth-order valence-corrected chi connectivity index (χ4v) is 4.89. The number of hydrogen-bond donors (Lipinski definition) is 3. The number of phenols is 2. The summed E-state index contributed by atoms with van der Waals surface area (Å²) in [5, 5.41) is 23.5. The van der Waals surface area contributed by atoms with Gasteiger partial charge in [-0.25, -0.2) is 0 Å². The van der Waals surface area contributed by atoms with Gasteiger partial charge in [-0.3, -0.25) is 4.98 Å². The van der Waals surface area contributed by atoms with Crippen LogP contribution in [0.2, 0.25) is 0 Å². The van der Waals surface area contributed by atoms with Gasteiger partial charge < -0.3 is 20.4 Å². The van der Waals surface area contributed by atoms with Crippen molar-refractivity contribution < 1.29 is 10.2 Å². The van der Waals surface area contributed by atoms with Crippen LogP contribution in [0, 0.1) is 0 Å². The van der Waals surface area contributed by atoms with E-state index in [1.807, 2.05) is 24.5 Å². The van der Waals surface area contributed by atoms with Gasteiger partial charge in [0.05, 0.1) is 0 Å². The Kier molecular flexibility index (Phi) is 10.3. The molecule has 0 fully saturated rings. The molecule has 0 amide bonds. The molecule has 1 unspecified atom stereocenters. The number of aromatic hydroxyl groups is 2. The molecule has 0 saturated heterocycles. The Morgan fingerprint density at radius 2 is 1.88 bits per heavy atom. The Hall–Kier alpha value is -2.11. The van der Waals surface area contributed by atoms with Crippen molar-refractivity contribution in [2.75, 3.05) is 26.2 Å². The first-order chi connectivity index (χ1) is 15.7. The van der Waals surface area contributed by atoms with Crippen LogP contribution in [0.3, 0.4) is 0 Å². The van der Waals surface area contributed by atoms with Crippen LogP contribution >= 0.6 is 0 Å². The third-order valence-corrected chi connectivity index (χ3v) is 6.66. The fourth-order valence-electron chi connectivity index (χ4n) is 4.89. The van der Waals surface area contributed by atoms with Gasteiger partial charge in [-0.2, -0.15) is 0 Å². The average molecular weight is 440 g/mol. The van der Waals surface area contributed by atoms with E-state index >= 15 is 0 Å². The summed E-state index contributed by atoms with van der Waals surface area (Å²) in [6.45, 7) is 6.75. The highest BCUT2D eigenvalue weighted by Gasteiger charge is 2.26. The SMILES string of the molecule is CCCN(CCCCCCNCCCc1cccnc1)C1CCc2c(ccc(O)c2O)C1. The van der Waals surface area contributed by atoms with Crippen LogP contribution in [0.15, 0.2) is 36.7 Å². The smallest absolute Gasteiger partial charge is 0.160 e. The fraction of sp³-hybridized carbons (Fsp3) is 0.593. The van der Waals surface area contributed by atoms with Crippen LogP contribution in [0.5, 0.6) is 11.5 Å². The van der Waals surface area contributed by atoms with Crippen molar-refractivity contribution in [3.05, 3.63) is 53.3 Å². The maximum absolute atomic E-state index is 10.1. The summed E-state index contributed by atoms with van der Waals surface area (Å²) < 4.78 is 0. The number of unbranched alkanes of at least 4 members (excludes halogenated alkanes) is 3. The van der Waals surface area contributed by atoms with Crippen molar-refractivity contribution in [1.29, 1.82) is 0 Å². The van der Waals surface area contributed by atoms with E-state index < -0.39 is 0 Å². The zero-order valence-electron chi connectivity index (χ0n) is 19.7. The Bertz CT molecular complexity index is 797. The molecule has 1 aromatic heterocycles. The number of rotatable bonds is 14. The highest BCUT2D eigenvalue weighted by Crippen LogP contribution is 2.36. The zero-order chi connectivity index (χ0) is 22.6. The number of nitrogens with zero attached hydrogens (tertiary/aromatic N) is 2. The van der Waals surface area contributed by atoms with Crippen LogP contribution < -0.4 is 5.32 Å². The molecule has 176 valence electrons. The Balaban J connectivity index is 1.28. The van der Waals surface area contributed by atoms with Gasteiger partial charge in [0.2, 0.25) is 0 Å². The second kappa shape index (κ2) is 13.4. The second-order valence-electron chi connectivity index (χ2n) is 9.13. The number of fused-ring (bicyclic) bond motifs is 1. The topological polar surface area (TPSA) is 68.6 Å². The lowest BCUT2D eigenvalue weighted by Gasteiger charge is -2.35. The third kappa shape index (κ3) is 7.49. The molecule has 1 atom stereocenters.